The molecule has 2 aromatic carbocycles. The molecule has 3 heterocycles. The number of hydrogen-bond acceptors (Lipinski definition) is 6. The minimum atomic E-state index is -0.558. The monoisotopic (exact) mass is 470 g/mol. The third-order valence-corrected chi connectivity index (χ3v) is 6.35. The van der Waals surface area contributed by atoms with Gasteiger partial charge in [-0.2, -0.15) is 0 Å². The molecule has 0 bridgehead atoms. The van der Waals surface area contributed by atoms with Crippen molar-refractivity contribution in [2.75, 3.05) is 39.3 Å². The zero-order valence-corrected chi connectivity index (χ0v) is 19.7. The van der Waals surface area contributed by atoms with Crippen LogP contribution in [0.1, 0.15) is 5.69 Å². The molecule has 1 aliphatic heterocycles. The standard InChI is InChI=1S/C28H30N4O3/c33-25(21-35-26-11-9-23(10-12-26)22-6-2-1-3-7-22)20-31-16-14-30(15-17-31)19-24-18-28(34)32-13-5-4-8-27(32)29-24/h1-13,18,25,33H,14-17,19-21H2/t25-/m1/s1. The summed E-state index contributed by atoms with van der Waals surface area (Å²) in [4.78, 5) is 21.5. The number of rotatable bonds is 8. The molecule has 2 aromatic heterocycles. The summed E-state index contributed by atoms with van der Waals surface area (Å²) in [6.45, 7) is 4.93. The lowest BCUT2D eigenvalue weighted by Crippen LogP contribution is -2.49. The molecular formula is C28H30N4O3. The van der Waals surface area contributed by atoms with Gasteiger partial charge in [0.05, 0.1) is 5.69 Å². The van der Waals surface area contributed by atoms with E-state index < -0.39 is 6.10 Å². The fourth-order valence-corrected chi connectivity index (χ4v) is 4.46. The zero-order chi connectivity index (χ0) is 24.0. The maximum atomic E-state index is 12.3. The van der Waals surface area contributed by atoms with E-state index in [0.29, 0.717) is 18.7 Å². The second-order valence-corrected chi connectivity index (χ2v) is 8.95. The summed E-state index contributed by atoms with van der Waals surface area (Å²) in [5.74, 6) is 0.757. The smallest absolute Gasteiger partial charge is 0.258 e. The van der Waals surface area contributed by atoms with E-state index in [1.165, 1.54) is 5.56 Å². The van der Waals surface area contributed by atoms with Crippen molar-refractivity contribution in [3.8, 4) is 16.9 Å². The molecule has 7 heteroatoms. The van der Waals surface area contributed by atoms with Crippen LogP contribution in [0, 0.1) is 0 Å². The molecule has 0 aliphatic carbocycles. The van der Waals surface area contributed by atoms with Crippen LogP contribution in [-0.4, -0.2) is 69.7 Å². The van der Waals surface area contributed by atoms with Crippen molar-refractivity contribution in [3.05, 3.63) is 101 Å². The third kappa shape index (κ3) is 5.95. The molecule has 0 spiro atoms. The first-order valence-corrected chi connectivity index (χ1v) is 12.0. The van der Waals surface area contributed by atoms with Gasteiger partial charge in [-0.05, 0) is 35.4 Å². The maximum absolute atomic E-state index is 12.3. The lowest BCUT2D eigenvalue weighted by Gasteiger charge is -2.35. The summed E-state index contributed by atoms with van der Waals surface area (Å²) in [7, 11) is 0. The summed E-state index contributed by atoms with van der Waals surface area (Å²) < 4.78 is 7.38. The SMILES string of the molecule is O=c1cc(CN2CCN(C[C@@H](O)COc3ccc(-c4ccccc4)cc3)CC2)nc2ccccn12. The first kappa shape index (κ1) is 23.2. The topological polar surface area (TPSA) is 70.3 Å². The number of aromatic nitrogens is 2. The van der Waals surface area contributed by atoms with Crippen LogP contribution in [0.4, 0.5) is 0 Å². The van der Waals surface area contributed by atoms with Crippen molar-refractivity contribution in [2.45, 2.75) is 12.6 Å². The van der Waals surface area contributed by atoms with E-state index in [0.717, 1.165) is 43.2 Å². The molecule has 1 N–H and O–H groups in total. The molecule has 4 aromatic rings. The van der Waals surface area contributed by atoms with Gasteiger partial charge in [0.2, 0.25) is 0 Å². The minimum absolute atomic E-state index is 0.0536. The van der Waals surface area contributed by atoms with E-state index in [2.05, 4.69) is 26.9 Å². The number of fused-ring (bicyclic) bond motifs is 1. The predicted molar refractivity (Wildman–Crippen MR) is 137 cm³/mol. The van der Waals surface area contributed by atoms with Crippen molar-refractivity contribution in [2.24, 2.45) is 0 Å². The number of β-amino-alcohol motifs (C(OH)–C–C–N with tert-alkyl or cyclic N) is 1. The average molecular weight is 471 g/mol. The van der Waals surface area contributed by atoms with Crippen molar-refractivity contribution in [1.82, 2.24) is 19.2 Å². The van der Waals surface area contributed by atoms with Crippen LogP contribution in [0.2, 0.25) is 0 Å². The number of aliphatic hydroxyl groups is 1. The van der Waals surface area contributed by atoms with Crippen molar-refractivity contribution >= 4 is 5.65 Å². The largest absolute Gasteiger partial charge is 0.491 e. The van der Waals surface area contributed by atoms with Gasteiger partial charge >= 0.3 is 0 Å². The lowest BCUT2D eigenvalue weighted by atomic mass is 10.1. The second kappa shape index (κ2) is 10.8. The van der Waals surface area contributed by atoms with Crippen molar-refractivity contribution in [3.63, 3.8) is 0 Å². The molecule has 7 nitrogen and oxygen atoms in total. The Kier molecular flexibility index (Phi) is 7.18. The van der Waals surface area contributed by atoms with Crippen molar-refractivity contribution < 1.29 is 9.84 Å². The maximum Gasteiger partial charge on any atom is 0.258 e. The highest BCUT2D eigenvalue weighted by Crippen LogP contribution is 2.22. The predicted octanol–water partition coefficient (Wildman–Crippen LogP) is 2.92. The van der Waals surface area contributed by atoms with Gasteiger partial charge in [0.1, 0.15) is 24.1 Å². The molecule has 1 saturated heterocycles. The molecule has 0 saturated carbocycles. The molecule has 180 valence electrons. The van der Waals surface area contributed by atoms with Crippen LogP contribution in [-0.2, 0) is 6.54 Å². The number of nitrogens with zero attached hydrogens (tertiary/aromatic N) is 4. The van der Waals surface area contributed by atoms with E-state index in [9.17, 15) is 9.90 Å². The highest BCUT2D eigenvalue weighted by atomic mass is 16.5. The summed E-state index contributed by atoms with van der Waals surface area (Å²) in [6.07, 6.45) is 1.18. The van der Waals surface area contributed by atoms with Gasteiger partial charge in [-0.3, -0.25) is 19.0 Å². The van der Waals surface area contributed by atoms with E-state index in [4.69, 9.17) is 4.74 Å². The Morgan fingerprint density at radius 3 is 2.31 bits per heavy atom. The van der Waals surface area contributed by atoms with Gasteiger partial charge in [-0.15, -0.1) is 0 Å². The van der Waals surface area contributed by atoms with Gasteiger partial charge in [-0.25, -0.2) is 4.98 Å². The van der Waals surface area contributed by atoms with Crippen molar-refractivity contribution in [1.29, 1.82) is 0 Å². The molecule has 35 heavy (non-hydrogen) atoms. The second-order valence-electron chi connectivity index (χ2n) is 8.95. The molecule has 5 rings (SSSR count). The van der Waals surface area contributed by atoms with Gasteiger partial charge in [-0.1, -0.05) is 48.5 Å². The van der Waals surface area contributed by atoms with E-state index >= 15 is 0 Å². The number of ether oxygens (including phenoxy) is 1. The Bertz CT molecular complexity index is 1300. The van der Waals surface area contributed by atoms with E-state index in [-0.39, 0.29) is 12.2 Å². The van der Waals surface area contributed by atoms with E-state index in [1.54, 1.807) is 16.7 Å². The summed E-state index contributed by atoms with van der Waals surface area (Å²) >= 11 is 0. The fourth-order valence-electron chi connectivity index (χ4n) is 4.46. The number of hydrogen-bond donors (Lipinski definition) is 1. The third-order valence-electron chi connectivity index (χ3n) is 6.35. The van der Waals surface area contributed by atoms with E-state index in [1.807, 2.05) is 60.7 Å². The Morgan fingerprint density at radius 1 is 0.857 bits per heavy atom. The summed E-state index contributed by atoms with van der Waals surface area (Å²) in [5, 5.41) is 10.5. The fraction of sp³-hybridized carbons (Fsp3) is 0.286. The average Bonchev–Trinajstić information content (AvgIpc) is 2.89. The van der Waals surface area contributed by atoms with Gasteiger partial charge < -0.3 is 9.84 Å². The summed E-state index contributed by atoms with van der Waals surface area (Å²) in [6, 6.07) is 25.4. The highest BCUT2D eigenvalue weighted by Gasteiger charge is 2.20. The molecule has 1 atom stereocenters. The number of pyridine rings is 1. The zero-order valence-electron chi connectivity index (χ0n) is 19.7. The molecule has 1 aliphatic rings. The number of aliphatic hydroxyl groups excluding tert-OH is 1. The molecular weight excluding hydrogens is 440 g/mol. The van der Waals surface area contributed by atoms with Gasteiger partial charge in [0, 0.05) is 51.5 Å². The van der Waals surface area contributed by atoms with Gasteiger partial charge in [0.15, 0.2) is 0 Å². The van der Waals surface area contributed by atoms with Gasteiger partial charge in [0.25, 0.3) is 5.56 Å². The molecule has 0 amide bonds. The molecule has 0 radical (unpaired) electrons. The minimum Gasteiger partial charge on any atom is -0.491 e. The first-order valence-electron chi connectivity index (χ1n) is 12.0. The Morgan fingerprint density at radius 2 is 1.54 bits per heavy atom. The number of benzene rings is 2. The first-order chi connectivity index (χ1) is 17.1. The lowest BCUT2D eigenvalue weighted by molar-refractivity contribution is 0.0444. The molecule has 0 unspecified atom stereocenters. The van der Waals surface area contributed by atoms with Crippen LogP contribution in [0.15, 0.2) is 89.9 Å². The normalized spacial score (nSPS) is 15.8. The molecule has 1 fully saturated rings. The Balaban J connectivity index is 1.06. The van der Waals surface area contributed by atoms with Crippen LogP contribution < -0.4 is 10.3 Å². The quantitative estimate of drug-likeness (QED) is 0.427. The highest BCUT2D eigenvalue weighted by molar-refractivity contribution is 5.63. The van der Waals surface area contributed by atoms with Crippen LogP contribution >= 0.6 is 0 Å². The van der Waals surface area contributed by atoms with Crippen LogP contribution in [0.25, 0.3) is 16.8 Å². The van der Waals surface area contributed by atoms with Crippen LogP contribution in [0.3, 0.4) is 0 Å². The Labute approximate surface area is 204 Å². The van der Waals surface area contributed by atoms with Crippen LogP contribution in [0.5, 0.6) is 5.75 Å². The summed E-state index contributed by atoms with van der Waals surface area (Å²) in [5.41, 5.74) is 3.72. The Hall–Kier alpha value is -3.52. The number of piperazine rings is 1.